The summed E-state index contributed by atoms with van der Waals surface area (Å²) in [6, 6.07) is 6.46. The fourth-order valence-corrected chi connectivity index (χ4v) is 3.28. The maximum atomic E-state index is 13.8. The van der Waals surface area contributed by atoms with Gasteiger partial charge in [0.1, 0.15) is 0 Å². The van der Waals surface area contributed by atoms with Crippen LogP contribution in [-0.4, -0.2) is 25.3 Å². The Morgan fingerprint density at radius 1 is 1.32 bits per heavy atom. The number of aryl methyl sites for hydroxylation is 1. The van der Waals surface area contributed by atoms with Gasteiger partial charge < -0.3 is 10.1 Å². The monoisotopic (exact) mass is 313 g/mol. The minimum absolute atomic E-state index is 0.151. The van der Waals surface area contributed by atoms with Crippen LogP contribution in [0.1, 0.15) is 30.9 Å². The van der Waals surface area contributed by atoms with E-state index in [-0.39, 0.29) is 25.2 Å². The van der Waals surface area contributed by atoms with E-state index in [0.717, 1.165) is 0 Å². The molecule has 1 N–H and O–H groups in total. The third-order valence-corrected chi connectivity index (χ3v) is 4.97. The van der Waals surface area contributed by atoms with E-state index in [1.54, 1.807) is 25.1 Å². The average Bonchev–Trinajstić information content (AvgIpc) is 2.78. The number of hydrogen-bond donors (Lipinski definition) is 1. The van der Waals surface area contributed by atoms with Gasteiger partial charge in [-0.1, -0.05) is 31.2 Å². The molecule has 1 heterocycles. The van der Waals surface area contributed by atoms with Crippen molar-refractivity contribution in [2.24, 2.45) is 5.41 Å². The number of fused-ring (bicyclic) bond motifs is 1. The van der Waals surface area contributed by atoms with Crippen LogP contribution in [0.5, 0.6) is 0 Å². The van der Waals surface area contributed by atoms with Crippen LogP contribution in [0.4, 0.5) is 13.2 Å². The Morgan fingerprint density at radius 3 is 2.55 bits per heavy atom. The zero-order valence-corrected chi connectivity index (χ0v) is 12.3. The highest BCUT2D eigenvalue weighted by atomic mass is 19.4. The molecule has 1 saturated heterocycles. The van der Waals surface area contributed by atoms with Gasteiger partial charge in [-0.05, 0) is 30.4 Å². The van der Waals surface area contributed by atoms with Crippen molar-refractivity contribution in [1.82, 2.24) is 5.32 Å². The van der Waals surface area contributed by atoms with Crippen molar-refractivity contribution in [1.29, 1.82) is 0 Å². The summed E-state index contributed by atoms with van der Waals surface area (Å²) in [6.45, 7) is 2.17. The number of benzene rings is 1. The van der Waals surface area contributed by atoms with Gasteiger partial charge in [0.25, 0.3) is 0 Å². The number of alkyl halides is 3. The maximum absolute atomic E-state index is 13.8. The standard InChI is InChI=1S/C16H18F3NO2/c1-2-14(9-22-10-14)13(21)20-15(16(17,18)19)8-7-11-5-3-4-6-12(11)15/h3-6H,2,7-10H2,1H3,(H,20,21). The van der Waals surface area contributed by atoms with Crippen LogP contribution in [0.25, 0.3) is 0 Å². The predicted molar refractivity (Wildman–Crippen MR) is 74.2 cm³/mol. The molecule has 6 heteroatoms. The van der Waals surface area contributed by atoms with Crippen LogP contribution in [-0.2, 0) is 21.5 Å². The summed E-state index contributed by atoms with van der Waals surface area (Å²) in [5.41, 5.74) is -2.29. The number of amides is 1. The third-order valence-electron chi connectivity index (χ3n) is 4.97. The molecular formula is C16H18F3NO2. The van der Waals surface area contributed by atoms with Crippen LogP contribution in [0.2, 0.25) is 0 Å². The van der Waals surface area contributed by atoms with Crippen LogP contribution < -0.4 is 5.32 Å². The second-order valence-electron chi connectivity index (χ2n) is 6.14. The van der Waals surface area contributed by atoms with Crippen molar-refractivity contribution in [2.45, 2.75) is 37.9 Å². The Bertz CT molecular complexity index is 590. The normalized spacial score (nSPS) is 26.2. The summed E-state index contributed by atoms with van der Waals surface area (Å²) in [7, 11) is 0. The minimum Gasteiger partial charge on any atom is -0.379 e. The average molecular weight is 313 g/mol. The number of carbonyl (C=O) groups excluding carboxylic acids is 1. The highest BCUT2D eigenvalue weighted by molar-refractivity contribution is 5.85. The van der Waals surface area contributed by atoms with Gasteiger partial charge in [-0.2, -0.15) is 13.2 Å². The Labute approximate surface area is 126 Å². The lowest BCUT2D eigenvalue weighted by Gasteiger charge is -2.43. The molecule has 22 heavy (non-hydrogen) atoms. The number of nitrogens with one attached hydrogen (secondary N) is 1. The van der Waals surface area contributed by atoms with E-state index in [2.05, 4.69) is 5.32 Å². The highest BCUT2D eigenvalue weighted by Gasteiger charge is 2.61. The highest BCUT2D eigenvalue weighted by Crippen LogP contribution is 2.49. The van der Waals surface area contributed by atoms with Gasteiger partial charge >= 0.3 is 6.18 Å². The molecule has 1 unspecified atom stereocenters. The molecule has 1 fully saturated rings. The first-order valence-electron chi connectivity index (χ1n) is 7.40. The van der Waals surface area contributed by atoms with E-state index in [4.69, 9.17) is 4.74 Å². The van der Waals surface area contributed by atoms with Crippen molar-refractivity contribution in [2.75, 3.05) is 13.2 Å². The zero-order valence-electron chi connectivity index (χ0n) is 12.3. The summed E-state index contributed by atoms with van der Waals surface area (Å²) in [6.07, 6.45) is -3.91. The minimum atomic E-state index is -4.53. The van der Waals surface area contributed by atoms with Crippen molar-refractivity contribution < 1.29 is 22.7 Å². The van der Waals surface area contributed by atoms with Crippen molar-refractivity contribution >= 4 is 5.91 Å². The number of rotatable bonds is 3. The van der Waals surface area contributed by atoms with Crippen molar-refractivity contribution in [3.05, 3.63) is 35.4 Å². The first-order valence-corrected chi connectivity index (χ1v) is 7.40. The molecule has 0 radical (unpaired) electrons. The molecule has 0 saturated carbocycles. The van der Waals surface area contributed by atoms with Gasteiger partial charge in [0, 0.05) is 0 Å². The molecule has 0 aromatic heterocycles. The lowest BCUT2D eigenvalue weighted by atomic mass is 9.80. The topological polar surface area (TPSA) is 38.3 Å². The Balaban J connectivity index is 1.98. The van der Waals surface area contributed by atoms with Crippen LogP contribution in [0.3, 0.4) is 0 Å². The Morgan fingerprint density at radius 2 is 2.00 bits per heavy atom. The Hall–Kier alpha value is -1.56. The van der Waals surface area contributed by atoms with Crippen LogP contribution in [0, 0.1) is 5.41 Å². The smallest absolute Gasteiger partial charge is 0.379 e. The maximum Gasteiger partial charge on any atom is 0.415 e. The van der Waals surface area contributed by atoms with Gasteiger partial charge in [0.05, 0.1) is 18.6 Å². The first-order chi connectivity index (χ1) is 10.3. The number of carbonyl (C=O) groups is 1. The molecule has 0 spiro atoms. The molecule has 1 aromatic carbocycles. The molecule has 0 bridgehead atoms. The van der Waals surface area contributed by atoms with E-state index >= 15 is 0 Å². The summed E-state index contributed by atoms with van der Waals surface area (Å²) in [4.78, 5) is 12.5. The summed E-state index contributed by atoms with van der Waals surface area (Å²) in [5, 5.41) is 2.34. The third kappa shape index (κ3) is 2.04. The predicted octanol–water partition coefficient (Wildman–Crippen LogP) is 2.93. The van der Waals surface area contributed by atoms with E-state index in [0.29, 0.717) is 18.4 Å². The number of hydrogen-bond acceptors (Lipinski definition) is 2. The van der Waals surface area contributed by atoms with Gasteiger partial charge in [-0.25, -0.2) is 0 Å². The first kappa shape index (κ1) is 15.3. The second kappa shape index (κ2) is 4.98. The molecule has 1 atom stereocenters. The molecule has 1 aliphatic carbocycles. The zero-order chi connectivity index (χ0) is 16.0. The van der Waals surface area contributed by atoms with Gasteiger partial charge in [-0.15, -0.1) is 0 Å². The SMILES string of the molecule is CCC1(C(=O)NC2(C(F)(F)F)CCc3ccccc32)COC1. The summed E-state index contributed by atoms with van der Waals surface area (Å²) in [5.74, 6) is -0.560. The van der Waals surface area contributed by atoms with Crippen molar-refractivity contribution in [3.63, 3.8) is 0 Å². The van der Waals surface area contributed by atoms with Crippen LogP contribution in [0.15, 0.2) is 24.3 Å². The van der Waals surface area contributed by atoms with Crippen molar-refractivity contribution in [3.8, 4) is 0 Å². The molecule has 3 nitrogen and oxygen atoms in total. The summed E-state index contributed by atoms with van der Waals surface area (Å²) < 4.78 is 46.5. The second-order valence-corrected chi connectivity index (χ2v) is 6.14. The van der Waals surface area contributed by atoms with E-state index in [9.17, 15) is 18.0 Å². The fraction of sp³-hybridized carbons (Fsp3) is 0.562. The van der Waals surface area contributed by atoms with Gasteiger partial charge in [0.15, 0.2) is 5.54 Å². The summed E-state index contributed by atoms with van der Waals surface area (Å²) >= 11 is 0. The molecule has 3 rings (SSSR count). The van der Waals surface area contributed by atoms with E-state index in [1.165, 1.54) is 6.07 Å². The van der Waals surface area contributed by atoms with E-state index in [1.807, 2.05) is 0 Å². The van der Waals surface area contributed by atoms with Gasteiger partial charge in [0.2, 0.25) is 5.91 Å². The van der Waals surface area contributed by atoms with Crippen LogP contribution >= 0.6 is 0 Å². The largest absolute Gasteiger partial charge is 0.415 e. The molecule has 120 valence electrons. The molecular weight excluding hydrogens is 295 g/mol. The lowest BCUT2D eigenvalue weighted by Crippen LogP contribution is -2.62. The molecule has 2 aliphatic rings. The molecule has 1 aliphatic heterocycles. The molecule has 1 amide bonds. The van der Waals surface area contributed by atoms with E-state index < -0.39 is 23.0 Å². The fourth-order valence-electron chi connectivity index (χ4n) is 3.28. The Kier molecular flexibility index (Phi) is 3.47. The lowest BCUT2D eigenvalue weighted by molar-refractivity contribution is -0.209. The number of halogens is 3. The number of ether oxygens (including phenoxy) is 1. The van der Waals surface area contributed by atoms with Gasteiger partial charge in [-0.3, -0.25) is 4.79 Å². The molecule has 1 aromatic rings. The quantitative estimate of drug-likeness (QED) is 0.932.